The van der Waals surface area contributed by atoms with Crippen LogP contribution >= 0.6 is 0 Å². The van der Waals surface area contributed by atoms with Crippen LogP contribution in [0.2, 0.25) is 0 Å². The Morgan fingerprint density at radius 2 is 1.77 bits per heavy atom. The number of pyridine rings is 1. The van der Waals surface area contributed by atoms with Gasteiger partial charge < -0.3 is 15.2 Å². The van der Waals surface area contributed by atoms with Crippen LogP contribution in [0.3, 0.4) is 0 Å². The minimum atomic E-state index is -3.56. The number of aromatic amines is 1. The number of nitriles is 1. The van der Waals surface area contributed by atoms with Gasteiger partial charge in [0.05, 0.1) is 28.4 Å². The molecule has 5 rings (SSSR count). The van der Waals surface area contributed by atoms with E-state index in [1.807, 2.05) is 16.8 Å². The Balaban J connectivity index is 1.42. The van der Waals surface area contributed by atoms with E-state index in [9.17, 15) is 18.5 Å². The summed E-state index contributed by atoms with van der Waals surface area (Å²) >= 11 is 0. The molecule has 0 radical (unpaired) electrons. The van der Waals surface area contributed by atoms with Gasteiger partial charge in [0.25, 0.3) is 5.56 Å². The average molecular weight is 560 g/mol. The molecule has 2 aromatic heterocycles. The van der Waals surface area contributed by atoms with Gasteiger partial charge in [-0.3, -0.25) is 9.48 Å². The lowest BCUT2D eigenvalue weighted by Gasteiger charge is -2.41. The number of benzene rings is 2. The highest BCUT2D eigenvalue weighted by atomic mass is 32.2. The Labute approximate surface area is 233 Å². The summed E-state index contributed by atoms with van der Waals surface area (Å²) in [7, 11) is -0.594. The monoisotopic (exact) mass is 559 g/mol. The van der Waals surface area contributed by atoms with Crippen molar-refractivity contribution >= 4 is 32.4 Å². The van der Waals surface area contributed by atoms with Crippen LogP contribution in [0, 0.1) is 11.3 Å². The number of hydrogen-bond donors (Lipinski definition) is 2. The summed E-state index contributed by atoms with van der Waals surface area (Å²) in [5.41, 5.74) is 1.72. The molecule has 0 unspecified atom stereocenters. The van der Waals surface area contributed by atoms with Crippen molar-refractivity contribution < 1.29 is 8.42 Å². The molecule has 0 amide bonds. The second-order valence-electron chi connectivity index (χ2n) is 10.4. The first-order chi connectivity index (χ1) is 19.2. The van der Waals surface area contributed by atoms with Gasteiger partial charge >= 0.3 is 0 Å². The van der Waals surface area contributed by atoms with Crippen LogP contribution in [-0.4, -0.2) is 66.1 Å². The Morgan fingerprint density at radius 3 is 2.42 bits per heavy atom. The highest BCUT2D eigenvalue weighted by molar-refractivity contribution is 7.89. The number of sulfonamides is 1. The molecular formula is C29H33N7O3S. The lowest BCUT2D eigenvalue weighted by atomic mass is 9.84. The molecule has 1 aliphatic heterocycles. The van der Waals surface area contributed by atoms with Gasteiger partial charge in [0.2, 0.25) is 10.0 Å². The van der Waals surface area contributed by atoms with Crippen molar-refractivity contribution in [2.24, 2.45) is 0 Å². The number of hydrogen-bond acceptors (Lipinski definition) is 7. The van der Waals surface area contributed by atoms with E-state index in [2.05, 4.69) is 45.5 Å². The van der Waals surface area contributed by atoms with Crippen molar-refractivity contribution in [3.8, 4) is 6.07 Å². The summed E-state index contributed by atoms with van der Waals surface area (Å²) in [5, 5.41) is 18.3. The molecule has 10 nitrogen and oxygen atoms in total. The molecule has 2 N–H and O–H groups in total. The Morgan fingerprint density at radius 1 is 1.07 bits per heavy atom. The summed E-state index contributed by atoms with van der Waals surface area (Å²) < 4.78 is 27.9. The van der Waals surface area contributed by atoms with Crippen molar-refractivity contribution in [1.82, 2.24) is 24.0 Å². The van der Waals surface area contributed by atoms with Crippen molar-refractivity contribution in [2.75, 3.05) is 39.0 Å². The van der Waals surface area contributed by atoms with Gasteiger partial charge in [-0.05, 0) is 55.2 Å². The molecule has 1 saturated heterocycles. The lowest BCUT2D eigenvalue weighted by molar-refractivity contribution is 0.107. The van der Waals surface area contributed by atoms with E-state index < -0.39 is 15.6 Å². The van der Waals surface area contributed by atoms with E-state index in [0.717, 1.165) is 43.2 Å². The zero-order chi connectivity index (χ0) is 28.3. The van der Waals surface area contributed by atoms with Gasteiger partial charge in [-0.2, -0.15) is 10.4 Å². The van der Waals surface area contributed by atoms with Crippen LogP contribution in [0.25, 0.3) is 10.9 Å². The molecule has 4 aromatic rings. The van der Waals surface area contributed by atoms with Crippen LogP contribution < -0.4 is 10.9 Å². The fraction of sp³-hybridized carbons (Fsp3) is 0.345. The van der Waals surface area contributed by atoms with Gasteiger partial charge in [0, 0.05) is 45.6 Å². The number of nitrogens with zero attached hydrogens (tertiary/aromatic N) is 5. The highest BCUT2D eigenvalue weighted by Gasteiger charge is 2.39. The van der Waals surface area contributed by atoms with Crippen LogP contribution in [0.15, 0.2) is 76.6 Å². The molecule has 0 bridgehead atoms. The van der Waals surface area contributed by atoms with Gasteiger partial charge in [-0.15, -0.1) is 0 Å². The number of rotatable bonds is 9. The largest absolute Gasteiger partial charge is 0.338 e. The molecule has 2 aromatic carbocycles. The maximum absolute atomic E-state index is 13.0. The number of piperidine rings is 1. The first-order valence-electron chi connectivity index (χ1n) is 13.3. The zero-order valence-corrected chi connectivity index (χ0v) is 23.5. The fourth-order valence-corrected chi connectivity index (χ4v) is 6.22. The molecule has 1 aliphatic rings. The van der Waals surface area contributed by atoms with Crippen LogP contribution in [0.1, 0.15) is 24.8 Å². The predicted molar refractivity (Wildman–Crippen MR) is 155 cm³/mol. The maximum atomic E-state index is 13.0. The third kappa shape index (κ3) is 5.38. The number of H-pyrrole nitrogens is 1. The quantitative estimate of drug-likeness (QED) is 0.320. The van der Waals surface area contributed by atoms with Crippen LogP contribution in [0.4, 0.5) is 11.5 Å². The molecule has 11 heteroatoms. The fourth-order valence-electron chi connectivity index (χ4n) is 5.32. The topological polar surface area (TPSA) is 127 Å². The van der Waals surface area contributed by atoms with Crippen molar-refractivity contribution in [2.45, 2.75) is 36.1 Å². The number of aromatic nitrogens is 3. The molecule has 0 spiro atoms. The standard InChI is InChI=1S/C29H33N7O3S/c1-34(2)40(38,39)24-10-8-23(9-11-24)32-27-26-25(12-18-31-28(26)37)36(33-27)29(14-17-30)15-20-35(21-16-29)19-13-22-6-4-3-5-7-22/h3-12,18H,13-16,19-21H2,1-2H3,(H,31,37)(H,32,33). The smallest absolute Gasteiger partial charge is 0.261 e. The number of nitrogens with one attached hydrogen (secondary N) is 2. The first kappa shape index (κ1) is 27.6. The van der Waals surface area contributed by atoms with E-state index in [1.165, 1.54) is 31.8 Å². The summed E-state index contributed by atoms with van der Waals surface area (Å²) in [6.45, 7) is 2.59. The maximum Gasteiger partial charge on any atom is 0.261 e. The molecular weight excluding hydrogens is 526 g/mol. The van der Waals surface area contributed by atoms with Crippen LogP contribution in [-0.2, 0) is 22.0 Å². The van der Waals surface area contributed by atoms with Gasteiger partial charge in [-0.25, -0.2) is 12.7 Å². The Hall–Kier alpha value is -3.98. The van der Waals surface area contributed by atoms with Crippen molar-refractivity contribution in [3.05, 3.63) is 82.8 Å². The number of anilines is 2. The predicted octanol–water partition coefficient (Wildman–Crippen LogP) is 3.67. The minimum Gasteiger partial charge on any atom is -0.338 e. The normalized spacial score (nSPS) is 15.8. The van der Waals surface area contributed by atoms with E-state index in [-0.39, 0.29) is 16.9 Å². The highest BCUT2D eigenvalue weighted by Crippen LogP contribution is 2.37. The second kappa shape index (κ2) is 11.3. The summed E-state index contributed by atoms with van der Waals surface area (Å²) in [5.74, 6) is 0.365. The summed E-state index contributed by atoms with van der Waals surface area (Å²) in [6, 6.07) is 20.9. The van der Waals surface area contributed by atoms with E-state index in [1.54, 1.807) is 18.3 Å². The molecule has 0 atom stereocenters. The van der Waals surface area contributed by atoms with Crippen LogP contribution in [0.5, 0.6) is 0 Å². The SMILES string of the molecule is CN(C)S(=O)(=O)c1ccc(Nc2nn(C3(CC#N)CCN(CCc4ccccc4)CC3)c3cc[nH]c(=O)c23)cc1. The number of likely N-dealkylation sites (tertiary alicyclic amines) is 1. The average Bonchev–Trinajstić information content (AvgIpc) is 3.33. The van der Waals surface area contributed by atoms with E-state index in [4.69, 9.17) is 5.10 Å². The third-order valence-corrected chi connectivity index (χ3v) is 9.53. The van der Waals surface area contributed by atoms with Crippen molar-refractivity contribution in [3.63, 3.8) is 0 Å². The molecule has 40 heavy (non-hydrogen) atoms. The number of fused-ring (bicyclic) bond motifs is 1. The second-order valence-corrected chi connectivity index (χ2v) is 12.6. The Bertz CT molecular complexity index is 1680. The third-order valence-electron chi connectivity index (χ3n) is 7.70. The van der Waals surface area contributed by atoms with E-state index in [0.29, 0.717) is 22.4 Å². The zero-order valence-electron chi connectivity index (χ0n) is 22.7. The van der Waals surface area contributed by atoms with Gasteiger partial charge in [0.15, 0.2) is 5.82 Å². The summed E-state index contributed by atoms with van der Waals surface area (Å²) in [6.07, 6.45) is 4.31. The van der Waals surface area contributed by atoms with Gasteiger partial charge in [0.1, 0.15) is 5.39 Å². The van der Waals surface area contributed by atoms with Gasteiger partial charge in [-0.1, -0.05) is 30.3 Å². The van der Waals surface area contributed by atoms with E-state index >= 15 is 0 Å². The lowest BCUT2D eigenvalue weighted by Crippen LogP contribution is -2.47. The molecule has 0 saturated carbocycles. The molecule has 1 fully saturated rings. The molecule has 3 heterocycles. The first-order valence-corrected chi connectivity index (χ1v) is 14.7. The molecule has 0 aliphatic carbocycles. The Kier molecular flexibility index (Phi) is 7.76. The summed E-state index contributed by atoms with van der Waals surface area (Å²) in [4.78, 5) is 18.3. The van der Waals surface area contributed by atoms with Crippen molar-refractivity contribution in [1.29, 1.82) is 5.26 Å². The molecule has 208 valence electrons. The minimum absolute atomic E-state index is 0.170.